The summed E-state index contributed by atoms with van der Waals surface area (Å²) in [6.07, 6.45) is 0.829. The Morgan fingerprint density at radius 3 is 2.60 bits per heavy atom. The van der Waals surface area contributed by atoms with E-state index in [1.165, 1.54) is 6.07 Å². The number of halogens is 1. The van der Waals surface area contributed by atoms with Crippen LogP contribution in [0.25, 0.3) is 0 Å². The van der Waals surface area contributed by atoms with Gasteiger partial charge in [0, 0.05) is 17.6 Å². The molecule has 0 aliphatic rings. The molecule has 0 heterocycles. The molecule has 1 rings (SSSR count). The summed E-state index contributed by atoms with van der Waals surface area (Å²) in [7, 11) is 0. The van der Waals surface area contributed by atoms with Crippen molar-refractivity contribution in [2.45, 2.75) is 32.4 Å². The summed E-state index contributed by atoms with van der Waals surface area (Å²) < 4.78 is 13.4. The Balaban J connectivity index is 2.68. The van der Waals surface area contributed by atoms with Crippen LogP contribution in [0.3, 0.4) is 0 Å². The second-order valence-corrected chi connectivity index (χ2v) is 3.70. The number of aliphatic hydroxyl groups excluding tert-OH is 1. The van der Waals surface area contributed by atoms with E-state index in [-0.39, 0.29) is 24.5 Å². The first-order chi connectivity index (χ1) is 7.19. The predicted octanol–water partition coefficient (Wildman–Crippen LogP) is 2.25. The summed E-state index contributed by atoms with van der Waals surface area (Å²) >= 11 is 0. The van der Waals surface area contributed by atoms with Gasteiger partial charge in [0.2, 0.25) is 0 Å². The third-order valence-corrected chi connectivity index (χ3v) is 2.57. The van der Waals surface area contributed by atoms with Crippen molar-refractivity contribution in [2.24, 2.45) is 0 Å². The fourth-order valence-corrected chi connectivity index (χ4v) is 1.57. The van der Waals surface area contributed by atoms with Crippen LogP contribution in [-0.4, -0.2) is 17.8 Å². The highest BCUT2D eigenvalue weighted by molar-refractivity contribution is 5.20. The standard InChI is InChI=1S/C12H18FNO/c1-3-10(8-15)14-9(2)11-6-4-5-7-12(11)13/h4-7,9-10,14-15H,3,8H2,1-2H3/t9-,10-/m0/s1. The lowest BCUT2D eigenvalue weighted by Gasteiger charge is -2.21. The molecule has 0 amide bonds. The molecule has 84 valence electrons. The SMILES string of the molecule is CC[C@@H](CO)N[C@@H](C)c1ccccc1F. The average molecular weight is 211 g/mol. The number of hydrogen-bond donors (Lipinski definition) is 2. The van der Waals surface area contributed by atoms with Gasteiger partial charge in [0.25, 0.3) is 0 Å². The third-order valence-electron chi connectivity index (χ3n) is 2.57. The summed E-state index contributed by atoms with van der Waals surface area (Å²) in [6.45, 7) is 3.97. The second kappa shape index (κ2) is 5.83. The number of hydrogen-bond acceptors (Lipinski definition) is 2. The lowest BCUT2D eigenvalue weighted by atomic mass is 10.1. The van der Waals surface area contributed by atoms with Crippen molar-refractivity contribution < 1.29 is 9.50 Å². The Bertz CT molecular complexity index is 299. The Hall–Kier alpha value is -0.930. The van der Waals surface area contributed by atoms with Crippen LogP contribution in [0.5, 0.6) is 0 Å². The topological polar surface area (TPSA) is 32.3 Å². The normalized spacial score (nSPS) is 14.9. The van der Waals surface area contributed by atoms with Gasteiger partial charge in [-0.05, 0) is 19.4 Å². The van der Waals surface area contributed by atoms with Crippen molar-refractivity contribution in [3.63, 3.8) is 0 Å². The number of nitrogens with one attached hydrogen (secondary N) is 1. The minimum Gasteiger partial charge on any atom is -0.395 e. The van der Waals surface area contributed by atoms with Gasteiger partial charge in [-0.1, -0.05) is 25.1 Å². The molecular formula is C12H18FNO. The van der Waals surface area contributed by atoms with Gasteiger partial charge < -0.3 is 10.4 Å². The molecule has 0 aliphatic heterocycles. The maximum absolute atomic E-state index is 13.4. The van der Waals surface area contributed by atoms with Gasteiger partial charge in [-0.3, -0.25) is 0 Å². The van der Waals surface area contributed by atoms with Crippen LogP contribution < -0.4 is 5.32 Å². The zero-order chi connectivity index (χ0) is 11.3. The molecule has 0 radical (unpaired) electrons. The molecule has 0 fully saturated rings. The van der Waals surface area contributed by atoms with E-state index in [0.717, 1.165) is 6.42 Å². The van der Waals surface area contributed by atoms with Crippen LogP contribution in [0.15, 0.2) is 24.3 Å². The minimum atomic E-state index is -0.203. The lowest BCUT2D eigenvalue weighted by molar-refractivity contribution is 0.229. The van der Waals surface area contributed by atoms with Gasteiger partial charge in [0.1, 0.15) is 5.82 Å². The van der Waals surface area contributed by atoms with E-state index in [0.29, 0.717) is 5.56 Å². The van der Waals surface area contributed by atoms with E-state index in [4.69, 9.17) is 5.11 Å². The summed E-state index contributed by atoms with van der Waals surface area (Å²) in [5.41, 5.74) is 0.643. The smallest absolute Gasteiger partial charge is 0.127 e. The largest absolute Gasteiger partial charge is 0.395 e. The molecule has 3 heteroatoms. The monoisotopic (exact) mass is 211 g/mol. The van der Waals surface area contributed by atoms with E-state index in [1.807, 2.05) is 19.9 Å². The predicted molar refractivity (Wildman–Crippen MR) is 59.1 cm³/mol. The summed E-state index contributed by atoms with van der Waals surface area (Å²) in [4.78, 5) is 0. The third kappa shape index (κ3) is 3.29. The van der Waals surface area contributed by atoms with Crippen LogP contribution in [-0.2, 0) is 0 Å². The Morgan fingerprint density at radius 2 is 2.07 bits per heavy atom. The van der Waals surface area contributed by atoms with Crippen LogP contribution >= 0.6 is 0 Å². The average Bonchev–Trinajstić information content (AvgIpc) is 2.26. The Kier molecular flexibility index (Phi) is 4.72. The van der Waals surface area contributed by atoms with Crippen LogP contribution in [0.2, 0.25) is 0 Å². The molecule has 0 saturated heterocycles. The molecule has 15 heavy (non-hydrogen) atoms. The van der Waals surface area contributed by atoms with Crippen molar-refractivity contribution >= 4 is 0 Å². The molecular weight excluding hydrogens is 193 g/mol. The van der Waals surface area contributed by atoms with E-state index >= 15 is 0 Å². The molecule has 2 nitrogen and oxygen atoms in total. The van der Waals surface area contributed by atoms with Gasteiger partial charge in [-0.25, -0.2) is 4.39 Å². The first kappa shape index (κ1) is 12.1. The first-order valence-corrected chi connectivity index (χ1v) is 5.30. The summed E-state index contributed by atoms with van der Waals surface area (Å²) in [6, 6.07) is 6.65. The maximum Gasteiger partial charge on any atom is 0.127 e. The van der Waals surface area contributed by atoms with E-state index < -0.39 is 0 Å². The van der Waals surface area contributed by atoms with E-state index in [2.05, 4.69) is 5.32 Å². The van der Waals surface area contributed by atoms with Crippen molar-refractivity contribution in [2.75, 3.05) is 6.61 Å². The van der Waals surface area contributed by atoms with Gasteiger partial charge in [0.05, 0.1) is 6.61 Å². The van der Waals surface area contributed by atoms with Crippen LogP contribution in [0, 0.1) is 5.82 Å². The van der Waals surface area contributed by atoms with Gasteiger partial charge in [-0.2, -0.15) is 0 Å². The van der Waals surface area contributed by atoms with Crippen molar-refractivity contribution in [3.8, 4) is 0 Å². The van der Waals surface area contributed by atoms with Crippen molar-refractivity contribution in [1.82, 2.24) is 5.32 Å². The zero-order valence-electron chi connectivity index (χ0n) is 9.20. The Labute approximate surface area is 90.1 Å². The number of aliphatic hydroxyl groups is 1. The minimum absolute atomic E-state index is 0.0274. The summed E-state index contributed by atoms with van der Waals surface area (Å²) in [5, 5.41) is 12.2. The van der Waals surface area contributed by atoms with Crippen LogP contribution in [0.4, 0.5) is 4.39 Å². The number of benzene rings is 1. The molecule has 0 spiro atoms. The Morgan fingerprint density at radius 1 is 1.40 bits per heavy atom. The highest BCUT2D eigenvalue weighted by atomic mass is 19.1. The molecule has 0 saturated carbocycles. The quantitative estimate of drug-likeness (QED) is 0.783. The molecule has 1 aromatic carbocycles. The first-order valence-electron chi connectivity index (χ1n) is 5.30. The highest BCUT2D eigenvalue weighted by Gasteiger charge is 2.13. The van der Waals surface area contributed by atoms with Crippen molar-refractivity contribution in [3.05, 3.63) is 35.6 Å². The molecule has 0 bridgehead atoms. The second-order valence-electron chi connectivity index (χ2n) is 3.70. The molecule has 0 unspecified atom stereocenters. The maximum atomic E-state index is 13.4. The molecule has 1 aromatic rings. The highest BCUT2D eigenvalue weighted by Crippen LogP contribution is 2.16. The van der Waals surface area contributed by atoms with Crippen LogP contribution in [0.1, 0.15) is 31.9 Å². The van der Waals surface area contributed by atoms with Gasteiger partial charge >= 0.3 is 0 Å². The fourth-order valence-electron chi connectivity index (χ4n) is 1.57. The molecule has 2 atom stereocenters. The van der Waals surface area contributed by atoms with Crippen molar-refractivity contribution in [1.29, 1.82) is 0 Å². The zero-order valence-corrected chi connectivity index (χ0v) is 9.20. The van der Waals surface area contributed by atoms with Gasteiger partial charge in [0.15, 0.2) is 0 Å². The fraction of sp³-hybridized carbons (Fsp3) is 0.500. The van der Waals surface area contributed by atoms with Gasteiger partial charge in [-0.15, -0.1) is 0 Å². The molecule has 0 aromatic heterocycles. The lowest BCUT2D eigenvalue weighted by Crippen LogP contribution is -2.34. The summed E-state index contributed by atoms with van der Waals surface area (Å²) in [5.74, 6) is -0.203. The molecule has 0 aliphatic carbocycles. The number of rotatable bonds is 5. The molecule has 2 N–H and O–H groups in total. The van der Waals surface area contributed by atoms with E-state index in [1.54, 1.807) is 12.1 Å². The van der Waals surface area contributed by atoms with E-state index in [9.17, 15) is 4.39 Å².